The maximum Gasteiger partial charge on any atom is 0.338 e. The number of ether oxygens (including phenoxy) is 3. The number of esters is 1. The predicted molar refractivity (Wildman–Crippen MR) is 99.0 cm³/mol. The molecule has 0 unspecified atom stereocenters. The summed E-state index contributed by atoms with van der Waals surface area (Å²) >= 11 is 0. The molecule has 0 aliphatic carbocycles. The molecule has 0 aliphatic heterocycles. The van der Waals surface area contributed by atoms with E-state index in [1.54, 1.807) is 39.3 Å². The van der Waals surface area contributed by atoms with Crippen LogP contribution in [0.5, 0.6) is 11.5 Å². The lowest BCUT2D eigenvalue weighted by atomic mass is 10.1. The molecule has 2 aromatic carbocycles. The van der Waals surface area contributed by atoms with E-state index >= 15 is 0 Å². The molecular formula is C20H23NO5. The van der Waals surface area contributed by atoms with Crippen molar-refractivity contribution < 1.29 is 23.8 Å². The van der Waals surface area contributed by atoms with Gasteiger partial charge in [0.05, 0.1) is 26.9 Å². The van der Waals surface area contributed by atoms with E-state index in [4.69, 9.17) is 14.2 Å². The molecule has 0 fully saturated rings. The number of anilines is 1. The lowest BCUT2D eigenvalue weighted by Crippen LogP contribution is -2.14. The fourth-order valence-corrected chi connectivity index (χ4v) is 2.61. The molecule has 2 aromatic rings. The Morgan fingerprint density at radius 1 is 1.00 bits per heavy atom. The average molecular weight is 357 g/mol. The molecular weight excluding hydrogens is 334 g/mol. The molecule has 0 aromatic heterocycles. The second-order valence-corrected chi connectivity index (χ2v) is 5.71. The van der Waals surface area contributed by atoms with Crippen LogP contribution >= 0.6 is 0 Å². The number of methoxy groups -OCH3 is 3. The highest BCUT2D eigenvalue weighted by Crippen LogP contribution is 2.28. The Morgan fingerprint density at radius 2 is 1.73 bits per heavy atom. The Bertz CT molecular complexity index is 801. The van der Waals surface area contributed by atoms with Crippen LogP contribution in [0.15, 0.2) is 36.4 Å². The molecule has 0 atom stereocenters. The van der Waals surface area contributed by atoms with E-state index in [0.717, 1.165) is 5.56 Å². The summed E-state index contributed by atoms with van der Waals surface area (Å²) in [6.45, 7) is 1.77. The number of amides is 1. The minimum atomic E-state index is -0.427. The van der Waals surface area contributed by atoms with Crippen molar-refractivity contribution in [2.45, 2.75) is 19.8 Å². The highest BCUT2D eigenvalue weighted by Gasteiger charge is 2.13. The van der Waals surface area contributed by atoms with Gasteiger partial charge in [0.15, 0.2) is 11.5 Å². The van der Waals surface area contributed by atoms with E-state index in [9.17, 15) is 9.59 Å². The molecule has 0 bridgehead atoms. The Morgan fingerprint density at radius 3 is 2.38 bits per heavy atom. The largest absolute Gasteiger partial charge is 0.493 e. The summed E-state index contributed by atoms with van der Waals surface area (Å²) < 4.78 is 15.2. The quantitative estimate of drug-likeness (QED) is 0.769. The standard InChI is InChI=1S/C20H23NO5/c1-13-15(20(23)26-4)6-5-7-16(13)21-19(22)11-9-14-8-10-17(24-2)18(12-14)25-3/h5-8,10,12H,9,11H2,1-4H3,(H,21,22). The summed E-state index contributed by atoms with van der Waals surface area (Å²) in [5.41, 5.74) is 2.69. The van der Waals surface area contributed by atoms with Crippen LogP contribution in [0, 0.1) is 6.92 Å². The third-order valence-electron chi connectivity index (χ3n) is 4.10. The van der Waals surface area contributed by atoms with Crippen molar-refractivity contribution in [3.63, 3.8) is 0 Å². The number of carbonyl (C=O) groups excluding carboxylic acids is 2. The molecule has 26 heavy (non-hydrogen) atoms. The minimum absolute atomic E-state index is 0.134. The number of nitrogens with one attached hydrogen (secondary N) is 1. The van der Waals surface area contributed by atoms with Gasteiger partial charge in [0.1, 0.15) is 0 Å². The van der Waals surface area contributed by atoms with Crippen molar-refractivity contribution in [1.29, 1.82) is 0 Å². The van der Waals surface area contributed by atoms with Gasteiger partial charge in [0, 0.05) is 12.1 Å². The van der Waals surface area contributed by atoms with E-state index in [-0.39, 0.29) is 5.91 Å². The van der Waals surface area contributed by atoms with Crippen LogP contribution in [-0.4, -0.2) is 33.2 Å². The van der Waals surface area contributed by atoms with E-state index in [1.807, 2.05) is 18.2 Å². The van der Waals surface area contributed by atoms with Crippen molar-refractivity contribution in [1.82, 2.24) is 0 Å². The smallest absolute Gasteiger partial charge is 0.338 e. The summed E-state index contributed by atoms with van der Waals surface area (Å²) in [6.07, 6.45) is 0.860. The van der Waals surface area contributed by atoms with Gasteiger partial charge in [0.2, 0.25) is 5.91 Å². The van der Waals surface area contributed by atoms with Crippen LogP contribution < -0.4 is 14.8 Å². The Kier molecular flexibility index (Phi) is 6.60. The summed E-state index contributed by atoms with van der Waals surface area (Å²) in [5, 5.41) is 2.85. The van der Waals surface area contributed by atoms with Gasteiger partial charge in [-0.05, 0) is 48.7 Å². The summed E-state index contributed by atoms with van der Waals surface area (Å²) in [5.74, 6) is 0.719. The first kappa shape index (κ1) is 19.3. The van der Waals surface area contributed by atoms with Gasteiger partial charge in [-0.15, -0.1) is 0 Å². The minimum Gasteiger partial charge on any atom is -0.493 e. The summed E-state index contributed by atoms with van der Waals surface area (Å²) in [6, 6.07) is 10.7. The zero-order valence-electron chi connectivity index (χ0n) is 15.4. The van der Waals surface area contributed by atoms with Gasteiger partial charge < -0.3 is 19.5 Å². The van der Waals surface area contributed by atoms with Gasteiger partial charge in [0.25, 0.3) is 0 Å². The third kappa shape index (κ3) is 4.53. The van der Waals surface area contributed by atoms with Crippen molar-refractivity contribution in [3.8, 4) is 11.5 Å². The molecule has 0 spiro atoms. The fourth-order valence-electron chi connectivity index (χ4n) is 2.61. The van der Waals surface area contributed by atoms with Gasteiger partial charge in [-0.3, -0.25) is 4.79 Å². The van der Waals surface area contributed by atoms with E-state index in [1.165, 1.54) is 7.11 Å². The van der Waals surface area contributed by atoms with E-state index < -0.39 is 5.97 Å². The lowest BCUT2D eigenvalue weighted by Gasteiger charge is -2.12. The first-order chi connectivity index (χ1) is 12.5. The van der Waals surface area contributed by atoms with Crippen LogP contribution in [0.2, 0.25) is 0 Å². The first-order valence-corrected chi connectivity index (χ1v) is 8.18. The van der Waals surface area contributed by atoms with E-state index in [2.05, 4.69) is 5.32 Å². The number of aryl methyl sites for hydroxylation is 1. The zero-order chi connectivity index (χ0) is 19.1. The topological polar surface area (TPSA) is 73.9 Å². The molecule has 0 aliphatic rings. The number of benzene rings is 2. The van der Waals surface area contributed by atoms with Crippen LogP contribution in [-0.2, 0) is 16.0 Å². The fraction of sp³-hybridized carbons (Fsp3) is 0.300. The number of hydrogen-bond donors (Lipinski definition) is 1. The highest BCUT2D eigenvalue weighted by molar-refractivity contribution is 5.96. The van der Waals surface area contributed by atoms with Crippen LogP contribution in [0.4, 0.5) is 5.69 Å². The van der Waals surface area contributed by atoms with E-state index in [0.29, 0.717) is 41.2 Å². The maximum atomic E-state index is 12.3. The maximum absolute atomic E-state index is 12.3. The van der Waals surface area contributed by atoms with Gasteiger partial charge in [-0.25, -0.2) is 4.79 Å². The molecule has 0 radical (unpaired) electrons. The van der Waals surface area contributed by atoms with Gasteiger partial charge in [-0.1, -0.05) is 12.1 Å². The van der Waals surface area contributed by atoms with Gasteiger partial charge >= 0.3 is 5.97 Å². The Balaban J connectivity index is 2.03. The third-order valence-corrected chi connectivity index (χ3v) is 4.10. The second-order valence-electron chi connectivity index (χ2n) is 5.71. The monoisotopic (exact) mass is 357 g/mol. The molecule has 6 heteroatoms. The van der Waals surface area contributed by atoms with Crippen molar-refractivity contribution in [2.24, 2.45) is 0 Å². The van der Waals surface area contributed by atoms with Crippen molar-refractivity contribution in [2.75, 3.05) is 26.6 Å². The second kappa shape index (κ2) is 8.89. The molecule has 1 N–H and O–H groups in total. The average Bonchev–Trinajstić information content (AvgIpc) is 2.67. The lowest BCUT2D eigenvalue weighted by molar-refractivity contribution is -0.116. The predicted octanol–water partition coefficient (Wildman–Crippen LogP) is 3.37. The molecule has 0 saturated heterocycles. The Hall–Kier alpha value is -3.02. The molecule has 0 heterocycles. The molecule has 138 valence electrons. The van der Waals surface area contributed by atoms with Crippen molar-refractivity contribution in [3.05, 3.63) is 53.1 Å². The number of rotatable bonds is 7. The van der Waals surface area contributed by atoms with Crippen LogP contribution in [0.25, 0.3) is 0 Å². The molecule has 6 nitrogen and oxygen atoms in total. The molecule has 0 saturated carbocycles. The Labute approximate surface area is 153 Å². The van der Waals surface area contributed by atoms with Crippen LogP contribution in [0.1, 0.15) is 27.9 Å². The zero-order valence-corrected chi connectivity index (χ0v) is 15.4. The SMILES string of the molecule is COC(=O)c1cccc(NC(=O)CCc2ccc(OC)c(OC)c2)c1C. The number of carbonyl (C=O) groups is 2. The van der Waals surface area contributed by atoms with Crippen LogP contribution in [0.3, 0.4) is 0 Å². The normalized spacial score (nSPS) is 10.2. The highest BCUT2D eigenvalue weighted by atomic mass is 16.5. The molecule has 1 amide bonds. The molecule has 2 rings (SSSR count). The van der Waals surface area contributed by atoms with Gasteiger partial charge in [-0.2, -0.15) is 0 Å². The summed E-state index contributed by atoms with van der Waals surface area (Å²) in [4.78, 5) is 24.0. The van der Waals surface area contributed by atoms with Crippen molar-refractivity contribution >= 4 is 17.6 Å². The number of hydrogen-bond acceptors (Lipinski definition) is 5. The summed E-state index contributed by atoms with van der Waals surface area (Å²) in [7, 11) is 4.48. The first-order valence-electron chi connectivity index (χ1n) is 8.18.